The van der Waals surface area contributed by atoms with Crippen LogP contribution in [-0.4, -0.2) is 12.1 Å². The first-order chi connectivity index (χ1) is 8.13. The van der Waals surface area contributed by atoms with Crippen LogP contribution in [0.5, 0.6) is 5.88 Å². The van der Waals surface area contributed by atoms with Gasteiger partial charge in [-0.05, 0) is 18.2 Å². The highest BCUT2D eigenvalue weighted by Crippen LogP contribution is 2.31. The Bertz CT molecular complexity index is 532. The Hall–Kier alpha value is -1.17. The molecule has 2 N–H and O–H groups in total. The molecule has 0 bridgehead atoms. The highest BCUT2D eigenvalue weighted by atomic mass is 35.5. The zero-order valence-corrected chi connectivity index (χ0v) is 10.6. The lowest BCUT2D eigenvalue weighted by atomic mass is 10.1. The third-order valence-corrected chi connectivity index (χ3v) is 3.63. The van der Waals surface area contributed by atoms with Gasteiger partial charge in [0.15, 0.2) is 5.82 Å². The average Bonchev–Trinajstić information content (AvgIpc) is 2.75. The van der Waals surface area contributed by atoms with E-state index in [2.05, 4.69) is 4.98 Å². The van der Waals surface area contributed by atoms with E-state index >= 15 is 0 Å². The van der Waals surface area contributed by atoms with E-state index in [0.717, 1.165) is 4.88 Å². The SMILES string of the molecule is COc1nccc(C(N)c2ccc(Cl)s2)c1F. The van der Waals surface area contributed by atoms with Crippen molar-refractivity contribution in [1.29, 1.82) is 0 Å². The Labute approximate surface area is 107 Å². The van der Waals surface area contributed by atoms with Gasteiger partial charge in [0, 0.05) is 16.6 Å². The Balaban J connectivity index is 2.40. The maximum atomic E-state index is 13.9. The molecule has 0 aromatic carbocycles. The predicted octanol–water partition coefficient (Wildman–Crippen LogP) is 2.99. The molecule has 1 unspecified atom stereocenters. The van der Waals surface area contributed by atoms with Gasteiger partial charge in [-0.2, -0.15) is 0 Å². The maximum absolute atomic E-state index is 13.9. The van der Waals surface area contributed by atoms with Crippen molar-refractivity contribution in [2.24, 2.45) is 5.73 Å². The summed E-state index contributed by atoms with van der Waals surface area (Å²) in [6.45, 7) is 0. The first-order valence-electron chi connectivity index (χ1n) is 4.82. The van der Waals surface area contributed by atoms with E-state index in [1.807, 2.05) is 0 Å². The van der Waals surface area contributed by atoms with Gasteiger partial charge < -0.3 is 10.5 Å². The monoisotopic (exact) mass is 272 g/mol. The van der Waals surface area contributed by atoms with Crippen molar-refractivity contribution in [3.63, 3.8) is 0 Å². The first-order valence-corrected chi connectivity index (χ1v) is 6.02. The van der Waals surface area contributed by atoms with E-state index in [-0.39, 0.29) is 5.88 Å². The number of rotatable bonds is 3. The van der Waals surface area contributed by atoms with Crippen LogP contribution in [0.2, 0.25) is 4.34 Å². The van der Waals surface area contributed by atoms with Crippen LogP contribution in [0, 0.1) is 5.82 Å². The summed E-state index contributed by atoms with van der Waals surface area (Å²) < 4.78 is 19.4. The van der Waals surface area contributed by atoms with Crippen molar-refractivity contribution in [1.82, 2.24) is 4.98 Å². The highest BCUT2D eigenvalue weighted by Gasteiger charge is 2.18. The summed E-state index contributed by atoms with van der Waals surface area (Å²) >= 11 is 7.15. The standard InChI is InChI=1S/C11H10ClFN2OS/c1-16-11-9(13)6(4-5-15-11)10(14)7-2-3-8(12)17-7/h2-5,10H,14H2,1H3. The summed E-state index contributed by atoms with van der Waals surface area (Å²) in [5.74, 6) is -0.590. The second kappa shape index (κ2) is 5.00. The summed E-state index contributed by atoms with van der Waals surface area (Å²) in [7, 11) is 1.36. The molecule has 0 fully saturated rings. The van der Waals surface area contributed by atoms with E-state index < -0.39 is 11.9 Å². The second-order valence-electron chi connectivity index (χ2n) is 3.34. The molecule has 2 rings (SSSR count). The number of halogens is 2. The van der Waals surface area contributed by atoms with Gasteiger partial charge in [-0.1, -0.05) is 11.6 Å². The smallest absolute Gasteiger partial charge is 0.250 e. The largest absolute Gasteiger partial charge is 0.479 e. The number of nitrogens with zero attached hydrogens (tertiary/aromatic N) is 1. The molecular formula is C11H10ClFN2OS. The van der Waals surface area contributed by atoms with E-state index in [0.29, 0.717) is 9.90 Å². The lowest BCUT2D eigenvalue weighted by Gasteiger charge is -2.12. The Morgan fingerprint density at radius 3 is 2.82 bits per heavy atom. The number of ether oxygens (including phenoxy) is 1. The molecule has 2 aromatic heterocycles. The van der Waals surface area contributed by atoms with E-state index in [4.69, 9.17) is 22.1 Å². The highest BCUT2D eigenvalue weighted by molar-refractivity contribution is 7.16. The van der Waals surface area contributed by atoms with Crippen molar-refractivity contribution < 1.29 is 9.13 Å². The van der Waals surface area contributed by atoms with Gasteiger partial charge in [0.2, 0.25) is 5.88 Å². The van der Waals surface area contributed by atoms with Crippen molar-refractivity contribution in [2.75, 3.05) is 7.11 Å². The lowest BCUT2D eigenvalue weighted by Crippen LogP contribution is -2.13. The fraction of sp³-hybridized carbons (Fsp3) is 0.182. The molecule has 0 spiro atoms. The summed E-state index contributed by atoms with van der Waals surface area (Å²) in [5.41, 5.74) is 6.33. The number of hydrogen-bond donors (Lipinski definition) is 1. The topological polar surface area (TPSA) is 48.1 Å². The quantitative estimate of drug-likeness (QED) is 0.934. The molecule has 0 aliphatic carbocycles. The van der Waals surface area contributed by atoms with Gasteiger partial charge in [-0.25, -0.2) is 9.37 Å². The number of nitrogens with two attached hydrogens (primary N) is 1. The maximum Gasteiger partial charge on any atom is 0.250 e. The zero-order valence-electron chi connectivity index (χ0n) is 8.98. The summed E-state index contributed by atoms with van der Waals surface area (Å²) in [6, 6.07) is 4.49. The molecular weight excluding hydrogens is 263 g/mol. The molecule has 2 heterocycles. The van der Waals surface area contributed by atoms with Crippen molar-refractivity contribution in [2.45, 2.75) is 6.04 Å². The van der Waals surface area contributed by atoms with Crippen LogP contribution in [-0.2, 0) is 0 Å². The molecule has 0 amide bonds. The van der Waals surface area contributed by atoms with E-state index in [9.17, 15) is 4.39 Å². The molecule has 0 aliphatic heterocycles. The Morgan fingerprint density at radius 2 is 2.24 bits per heavy atom. The molecule has 6 heteroatoms. The number of aromatic nitrogens is 1. The van der Waals surface area contributed by atoms with Gasteiger partial charge in [-0.15, -0.1) is 11.3 Å². The molecule has 0 aliphatic rings. The molecule has 17 heavy (non-hydrogen) atoms. The fourth-order valence-electron chi connectivity index (χ4n) is 1.47. The van der Waals surface area contributed by atoms with Crippen LogP contribution in [0.4, 0.5) is 4.39 Å². The van der Waals surface area contributed by atoms with Crippen LogP contribution < -0.4 is 10.5 Å². The average molecular weight is 273 g/mol. The summed E-state index contributed by atoms with van der Waals surface area (Å²) in [6.07, 6.45) is 1.46. The summed E-state index contributed by atoms with van der Waals surface area (Å²) in [4.78, 5) is 4.56. The third kappa shape index (κ3) is 2.41. The number of hydrogen-bond acceptors (Lipinski definition) is 4. The normalized spacial score (nSPS) is 12.5. The molecule has 3 nitrogen and oxygen atoms in total. The van der Waals surface area contributed by atoms with Gasteiger partial charge in [0.05, 0.1) is 17.5 Å². The van der Waals surface area contributed by atoms with E-state index in [1.54, 1.807) is 12.1 Å². The molecule has 0 saturated heterocycles. The molecule has 1 atom stereocenters. The lowest BCUT2D eigenvalue weighted by molar-refractivity contribution is 0.366. The molecule has 2 aromatic rings. The van der Waals surface area contributed by atoms with Crippen molar-refractivity contribution >= 4 is 22.9 Å². The second-order valence-corrected chi connectivity index (χ2v) is 5.09. The Kier molecular flexibility index (Phi) is 3.61. The van der Waals surface area contributed by atoms with Crippen LogP contribution in [0.3, 0.4) is 0 Å². The molecule has 0 saturated carbocycles. The van der Waals surface area contributed by atoms with Crippen LogP contribution in [0.25, 0.3) is 0 Å². The van der Waals surface area contributed by atoms with Crippen LogP contribution in [0.15, 0.2) is 24.4 Å². The third-order valence-electron chi connectivity index (χ3n) is 2.32. The van der Waals surface area contributed by atoms with Crippen molar-refractivity contribution in [3.8, 4) is 5.88 Å². The fourth-order valence-corrected chi connectivity index (χ4v) is 2.55. The predicted molar refractivity (Wildman–Crippen MR) is 66.1 cm³/mol. The molecule has 0 radical (unpaired) electrons. The van der Waals surface area contributed by atoms with Gasteiger partial charge in [0.25, 0.3) is 0 Å². The Morgan fingerprint density at radius 1 is 1.47 bits per heavy atom. The number of methoxy groups -OCH3 is 1. The van der Waals surface area contributed by atoms with Gasteiger partial charge >= 0.3 is 0 Å². The number of thiophene rings is 1. The minimum absolute atomic E-state index is 0.0550. The minimum Gasteiger partial charge on any atom is -0.479 e. The summed E-state index contributed by atoms with van der Waals surface area (Å²) in [5, 5.41) is 0. The molecule has 90 valence electrons. The van der Waals surface area contributed by atoms with E-state index in [1.165, 1.54) is 30.7 Å². The van der Waals surface area contributed by atoms with Gasteiger partial charge in [-0.3, -0.25) is 0 Å². The van der Waals surface area contributed by atoms with Gasteiger partial charge in [0.1, 0.15) is 0 Å². The zero-order chi connectivity index (χ0) is 12.4. The number of pyridine rings is 1. The van der Waals surface area contributed by atoms with Crippen LogP contribution >= 0.6 is 22.9 Å². The minimum atomic E-state index is -0.565. The van der Waals surface area contributed by atoms with Crippen molar-refractivity contribution in [3.05, 3.63) is 45.0 Å². The first kappa shape index (κ1) is 12.3. The van der Waals surface area contributed by atoms with Crippen LogP contribution in [0.1, 0.15) is 16.5 Å².